The van der Waals surface area contributed by atoms with Crippen molar-refractivity contribution < 1.29 is 127 Å². The summed E-state index contributed by atoms with van der Waals surface area (Å²) < 4.78 is 52.9. The minimum Gasteiger partial charge on any atom is -0.493 e. The third kappa shape index (κ3) is 18.4. The molecule has 12 rings (SSSR count). The number of unbranched alkanes of at least 4 members (excludes halogenated alkanes) is 4. The van der Waals surface area contributed by atoms with E-state index >= 15 is 0 Å². The molecule has 1 aliphatic carbocycles. The zero-order valence-corrected chi connectivity index (χ0v) is 63.6. The maximum absolute atomic E-state index is 14.7. The van der Waals surface area contributed by atoms with Crippen LogP contribution in [0, 0.1) is 6.92 Å². The molecular formula is C82H96N6O26. The number of carbonyl (C=O) groups excluding carboxylic acids is 9. The molecule has 13 atom stereocenters. The summed E-state index contributed by atoms with van der Waals surface area (Å²) in [5.74, 6) is -2.79. The summed E-state index contributed by atoms with van der Waals surface area (Å²) in [6, 6.07) is 11.7. The Kier molecular flexibility index (Phi) is 26.9. The van der Waals surface area contributed by atoms with E-state index in [9.17, 15) is 84.0 Å². The SMILES string of the molecule is C=C1C[C@H]2C(O)N(C(=O)OCc3ccc(O[C@@H]4CC[C@@H](O)[C@H](O)[C@H]4O)c(C(=O)CCCCCC(=O)[C@H](CC4=CCC=N4)N4C(=O)C=CC4=O)c3)c3cc(OCCCCCOc4cc5c(cc4OC)C(=O)N4CC(=C)C[C@H]4C(O)N5C(=O)OCc4ccc(O[C@@H]5OC[C@@H](O)[C@H](O)[C@H]5O)c(C(=O)CCCOC)c4)c(C)cc3C(=O)N2C1. The van der Waals surface area contributed by atoms with E-state index in [-0.39, 0.29) is 165 Å². The molecule has 32 nitrogen and oxygen atoms in total. The maximum atomic E-state index is 14.7. The molecule has 0 spiro atoms. The molecule has 7 heterocycles. The highest BCUT2D eigenvalue weighted by molar-refractivity contribution is 6.15. The van der Waals surface area contributed by atoms with Gasteiger partial charge in [0.05, 0.1) is 78.7 Å². The van der Waals surface area contributed by atoms with Crippen molar-refractivity contribution in [2.75, 3.05) is 63.5 Å². The number of nitrogens with zero attached hydrogens (tertiary/aromatic N) is 6. The molecule has 1 saturated carbocycles. The van der Waals surface area contributed by atoms with Crippen molar-refractivity contribution in [2.45, 2.75) is 202 Å². The van der Waals surface area contributed by atoms with Crippen LogP contribution in [0.25, 0.3) is 0 Å². The predicted molar refractivity (Wildman–Crippen MR) is 405 cm³/mol. The van der Waals surface area contributed by atoms with Gasteiger partial charge in [0.15, 0.2) is 41.3 Å². The van der Waals surface area contributed by atoms with Crippen molar-refractivity contribution in [3.63, 3.8) is 0 Å². The summed E-state index contributed by atoms with van der Waals surface area (Å²) in [4.78, 5) is 135. The first-order chi connectivity index (χ1) is 54.7. The van der Waals surface area contributed by atoms with Crippen molar-refractivity contribution >= 4 is 70.8 Å². The van der Waals surface area contributed by atoms with Gasteiger partial charge in [-0.05, 0) is 124 Å². The smallest absolute Gasteiger partial charge is 0.416 e. The number of anilines is 2. The second-order valence-electron chi connectivity index (χ2n) is 29.6. The fraction of sp³-hybridized carbons (Fsp3) is 0.488. The van der Waals surface area contributed by atoms with E-state index in [0.717, 1.165) is 26.9 Å². The number of allylic oxidation sites excluding steroid dienone is 1. The van der Waals surface area contributed by atoms with Gasteiger partial charge in [-0.3, -0.25) is 43.5 Å². The second kappa shape index (κ2) is 36.9. The number of ketones is 3. The lowest BCUT2D eigenvalue weighted by molar-refractivity contribution is -0.242. The molecule has 32 heteroatoms. The van der Waals surface area contributed by atoms with Crippen LogP contribution >= 0.6 is 0 Å². The molecule has 8 aliphatic rings. The number of Topliss-reactive ketones (excluding diaryl/α,β-unsaturated/α-hetero) is 3. The van der Waals surface area contributed by atoms with Gasteiger partial charge in [0.25, 0.3) is 23.6 Å². The number of amides is 6. The molecule has 2 unspecified atom stereocenters. The zero-order valence-electron chi connectivity index (χ0n) is 63.6. The molecule has 0 radical (unpaired) electrons. The van der Waals surface area contributed by atoms with E-state index in [0.29, 0.717) is 78.5 Å². The van der Waals surface area contributed by atoms with E-state index in [2.05, 4.69) is 18.2 Å². The highest BCUT2D eigenvalue weighted by Gasteiger charge is 2.49. The van der Waals surface area contributed by atoms with Crippen LogP contribution in [-0.2, 0) is 46.5 Å². The monoisotopic (exact) mass is 1580 g/mol. The molecule has 3 saturated heterocycles. The molecule has 4 aromatic rings. The van der Waals surface area contributed by atoms with Crippen molar-refractivity contribution in [1.82, 2.24) is 14.7 Å². The molecule has 0 aromatic heterocycles. The second-order valence-corrected chi connectivity index (χ2v) is 29.6. The third-order valence-corrected chi connectivity index (χ3v) is 21.6. The molecule has 7 aliphatic heterocycles. The Labute approximate surface area is 656 Å². The summed E-state index contributed by atoms with van der Waals surface area (Å²) in [6.07, 6.45) is -7.21. The van der Waals surface area contributed by atoms with Crippen LogP contribution in [0.15, 0.2) is 114 Å². The standard InChI is InChI=1S/C82H96N6O26/c1-44-30-57-78(102)87(81(104)111-41-47-18-21-64(113-66-23-20-62(92)72(96)74(66)98)52(33-47)59(89)15-8-6-9-16-61(91)56(35-49-14-12-26-83-49)86-70(94)24-25-71(86)95)54-37-67(46(3)32-50(54)76(100)84(57)39-44)108-28-10-7-11-29-109-69-38-55-51(36-68(69)107-5)77(101)85-40-45(2)31-58(85)79(103)88(55)82(105)112-42-48-19-22-65(53(34-48)60(90)17-13-27-106-4)114-80-75(99)73(97)63(93)43-110-80/h14,18-19,21-22,24-26,32-34,36-38,56-58,62-63,66,72-75,78-80,92-93,96-99,102-103H,1-2,6-13,15-17,20,23,27-31,35,39-43H2,3-5H3/t56-,57-,58-,62+,63+,66+,72-,73-,74-,75+,78?,79?,80-/m0/s1. The molecule has 4 aromatic carbocycles. The first kappa shape index (κ1) is 83.2. The number of aliphatic hydroxyl groups is 8. The number of aliphatic hydroxyl groups excluding tert-OH is 8. The number of ether oxygens (including phenoxy) is 9. The van der Waals surface area contributed by atoms with Crippen molar-refractivity contribution in [3.8, 4) is 28.7 Å². The van der Waals surface area contributed by atoms with E-state index < -0.39 is 140 Å². The largest absolute Gasteiger partial charge is 0.493 e. The highest BCUT2D eigenvalue weighted by atomic mass is 16.7. The fourth-order valence-electron chi connectivity index (χ4n) is 15.3. The van der Waals surface area contributed by atoms with Gasteiger partial charge >= 0.3 is 12.2 Å². The maximum Gasteiger partial charge on any atom is 0.416 e. The molecule has 4 fully saturated rings. The first-order valence-electron chi connectivity index (χ1n) is 38.2. The van der Waals surface area contributed by atoms with Gasteiger partial charge in [0, 0.05) is 95.1 Å². The predicted octanol–water partition coefficient (Wildman–Crippen LogP) is 5.92. The van der Waals surface area contributed by atoms with E-state index in [1.54, 1.807) is 19.2 Å². The Bertz CT molecular complexity index is 4440. The lowest BCUT2D eigenvalue weighted by Gasteiger charge is -2.35. The van der Waals surface area contributed by atoms with Crippen LogP contribution in [0.3, 0.4) is 0 Å². The van der Waals surface area contributed by atoms with Gasteiger partial charge in [-0.1, -0.05) is 48.9 Å². The fourth-order valence-corrected chi connectivity index (χ4v) is 15.3. The minimum atomic E-state index is -1.67. The van der Waals surface area contributed by atoms with Crippen LogP contribution < -0.4 is 33.5 Å². The lowest BCUT2D eigenvalue weighted by Crippen LogP contribution is -2.54. The number of aryl methyl sites for hydroxylation is 1. The van der Waals surface area contributed by atoms with Gasteiger partial charge in [-0.15, -0.1) is 0 Å². The number of rotatable bonds is 33. The van der Waals surface area contributed by atoms with Gasteiger partial charge in [0.1, 0.15) is 73.1 Å². The number of carbonyl (C=O) groups is 9. The Morgan fingerprint density at radius 1 is 0.579 bits per heavy atom. The number of imide groups is 1. The summed E-state index contributed by atoms with van der Waals surface area (Å²) in [5.41, 5.74) is 3.06. The van der Waals surface area contributed by atoms with Gasteiger partial charge < -0.3 is 93.3 Å². The van der Waals surface area contributed by atoms with E-state index in [1.807, 2.05) is 6.08 Å². The van der Waals surface area contributed by atoms with E-state index in [1.165, 1.54) is 78.6 Å². The zero-order chi connectivity index (χ0) is 81.3. The third-order valence-electron chi connectivity index (χ3n) is 21.6. The number of hydrogen-bond acceptors (Lipinski definition) is 27. The lowest BCUT2D eigenvalue weighted by atomic mass is 9.89. The Hall–Kier alpha value is -10.3. The van der Waals surface area contributed by atoms with Crippen LogP contribution in [0.4, 0.5) is 21.0 Å². The van der Waals surface area contributed by atoms with Crippen molar-refractivity contribution in [1.29, 1.82) is 0 Å². The Morgan fingerprint density at radius 3 is 1.70 bits per heavy atom. The molecular weight excluding hydrogens is 1480 g/mol. The number of hydrogen-bond donors (Lipinski definition) is 8. The van der Waals surface area contributed by atoms with Crippen LogP contribution in [-0.4, -0.2) is 248 Å². The highest BCUT2D eigenvalue weighted by Crippen LogP contribution is 2.44. The molecule has 8 N–H and O–H groups in total. The normalized spacial score (nSPS) is 24.7. The van der Waals surface area contributed by atoms with E-state index in [4.69, 9.17) is 42.6 Å². The molecule has 0 bridgehead atoms. The summed E-state index contributed by atoms with van der Waals surface area (Å²) in [5, 5.41) is 87.1. The van der Waals surface area contributed by atoms with Crippen LogP contribution in [0.5, 0.6) is 28.7 Å². The number of fused-ring (bicyclic) bond motifs is 4. The topological polar surface area (TPSA) is 427 Å². The summed E-state index contributed by atoms with van der Waals surface area (Å²) >= 11 is 0. The van der Waals surface area contributed by atoms with Crippen molar-refractivity contribution in [3.05, 3.63) is 148 Å². The van der Waals surface area contributed by atoms with Crippen LogP contribution in [0.1, 0.15) is 161 Å². The summed E-state index contributed by atoms with van der Waals surface area (Å²) in [6.45, 7) is 9.26. The number of aliphatic imine (C=N–C) groups is 1. The van der Waals surface area contributed by atoms with Crippen LogP contribution in [0.2, 0.25) is 0 Å². The quantitative estimate of drug-likeness (QED) is 0.0119. The minimum absolute atomic E-state index is 0.00374. The number of benzene rings is 4. The first-order valence-corrected chi connectivity index (χ1v) is 38.2. The molecule has 114 heavy (non-hydrogen) atoms. The average Bonchev–Trinajstić information content (AvgIpc) is 1.60. The van der Waals surface area contributed by atoms with Gasteiger partial charge in [-0.25, -0.2) is 19.4 Å². The molecule has 610 valence electrons. The average molecular weight is 1580 g/mol. The van der Waals surface area contributed by atoms with Crippen molar-refractivity contribution in [2.24, 2.45) is 4.99 Å². The Morgan fingerprint density at radius 2 is 1.12 bits per heavy atom. The Balaban J connectivity index is 0.699. The van der Waals surface area contributed by atoms with Gasteiger partial charge in [0.2, 0.25) is 6.29 Å². The molecule has 6 amide bonds. The number of methoxy groups -OCH3 is 2. The summed E-state index contributed by atoms with van der Waals surface area (Å²) in [7, 11) is 2.87. The van der Waals surface area contributed by atoms with Gasteiger partial charge in [-0.2, -0.15) is 0 Å².